The Morgan fingerprint density at radius 3 is 2.21 bits per heavy atom. The van der Waals surface area contributed by atoms with Gasteiger partial charge in [0.2, 0.25) is 0 Å². The van der Waals surface area contributed by atoms with Crippen LogP contribution in [-0.2, 0) is 9.53 Å². The highest BCUT2D eigenvalue weighted by molar-refractivity contribution is 6.21. The van der Waals surface area contributed by atoms with Crippen molar-refractivity contribution >= 4 is 17.8 Å². The molecule has 5 nitrogen and oxygen atoms in total. The predicted molar refractivity (Wildman–Crippen MR) is 107 cm³/mol. The SMILES string of the molecule is CC(CCCCCCCC(=O)OC1CCCC1)N1C(=O)c2ccccc2C1=O. The molecule has 152 valence electrons. The summed E-state index contributed by atoms with van der Waals surface area (Å²) in [6.45, 7) is 1.95. The number of unbranched alkanes of at least 4 members (excludes halogenated alkanes) is 4. The van der Waals surface area contributed by atoms with E-state index < -0.39 is 0 Å². The number of hydrogen-bond donors (Lipinski definition) is 0. The molecule has 0 spiro atoms. The summed E-state index contributed by atoms with van der Waals surface area (Å²) in [4.78, 5) is 38.1. The molecule has 1 heterocycles. The fourth-order valence-electron chi connectivity index (χ4n) is 4.23. The average Bonchev–Trinajstić information content (AvgIpc) is 3.28. The van der Waals surface area contributed by atoms with Gasteiger partial charge in [-0.2, -0.15) is 0 Å². The van der Waals surface area contributed by atoms with Crippen molar-refractivity contribution in [2.75, 3.05) is 0 Å². The predicted octanol–water partition coefficient (Wildman–Crippen LogP) is 4.89. The lowest BCUT2D eigenvalue weighted by atomic mass is 10.1. The largest absolute Gasteiger partial charge is 0.462 e. The number of rotatable bonds is 10. The summed E-state index contributed by atoms with van der Waals surface area (Å²) in [5.41, 5.74) is 1.03. The van der Waals surface area contributed by atoms with Crippen molar-refractivity contribution in [2.45, 2.75) is 89.7 Å². The second-order valence-electron chi connectivity index (χ2n) is 8.08. The van der Waals surface area contributed by atoms with Gasteiger partial charge in [0.15, 0.2) is 0 Å². The summed E-state index contributed by atoms with van der Waals surface area (Å²) in [7, 11) is 0. The Morgan fingerprint density at radius 2 is 1.57 bits per heavy atom. The van der Waals surface area contributed by atoms with Gasteiger partial charge >= 0.3 is 5.97 Å². The topological polar surface area (TPSA) is 63.7 Å². The molecular formula is C23H31NO4. The maximum absolute atomic E-state index is 12.5. The van der Waals surface area contributed by atoms with E-state index in [0.29, 0.717) is 17.5 Å². The molecule has 0 aromatic heterocycles. The maximum Gasteiger partial charge on any atom is 0.306 e. The van der Waals surface area contributed by atoms with Gasteiger partial charge in [-0.25, -0.2) is 0 Å². The van der Waals surface area contributed by atoms with Crippen molar-refractivity contribution in [1.82, 2.24) is 4.90 Å². The van der Waals surface area contributed by atoms with Crippen LogP contribution < -0.4 is 0 Å². The van der Waals surface area contributed by atoms with E-state index in [9.17, 15) is 14.4 Å². The highest BCUT2D eigenvalue weighted by atomic mass is 16.5. The number of carbonyl (C=O) groups excluding carboxylic acids is 3. The van der Waals surface area contributed by atoms with Gasteiger partial charge in [-0.05, 0) is 57.6 Å². The number of imide groups is 1. The van der Waals surface area contributed by atoms with Gasteiger partial charge in [-0.3, -0.25) is 19.3 Å². The van der Waals surface area contributed by atoms with Crippen molar-refractivity contribution < 1.29 is 19.1 Å². The van der Waals surface area contributed by atoms with Crippen molar-refractivity contribution in [2.24, 2.45) is 0 Å². The third kappa shape index (κ3) is 5.00. The number of amides is 2. The number of benzene rings is 1. The van der Waals surface area contributed by atoms with Crippen molar-refractivity contribution in [3.8, 4) is 0 Å². The van der Waals surface area contributed by atoms with Gasteiger partial charge in [-0.1, -0.05) is 37.8 Å². The van der Waals surface area contributed by atoms with Crippen LogP contribution in [0.3, 0.4) is 0 Å². The first-order chi connectivity index (χ1) is 13.6. The second-order valence-corrected chi connectivity index (χ2v) is 8.08. The first-order valence-electron chi connectivity index (χ1n) is 10.7. The molecule has 1 aliphatic heterocycles. The van der Waals surface area contributed by atoms with E-state index in [4.69, 9.17) is 4.74 Å². The van der Waals surface area contributed by atoms with Crippen LogP contribution in [0.4, 0.5) is 0 Å². The summed E-state index contributed by atoms with van der Waals surface area (Å²) in [6.07, 6.45) is 10.9. The lowest BCUT2D eigenvalue weighted by Crippen LogP contribution is -2.37. The minimum absolute atomic E-state index is 0.0499. The maximum atomic E-state index is 12.5. The smallest absolute Gasteiger partial charge is 0.306 e. The fourth-order valence-corrected chi connectivity index (χ4v) is 4.23. The highest BCUT2D eigenvalue weighted by Crippen LogP contribution is 2.26. The fraction of sp³-hybridized carbons (Fsp3) is 0.609. The molecule has 2 amide bonds. The van der Waals surface area contributed by atoms with E-state index in [1.807, 2.05) is 6.92 Å². The number of nitrogens with zero attached hydrogens (tertiary/aromatic N) is 1. The van der Waals surface area contributed by atoms with Crippen molar-refractivity contribution in [1.29, 1.82) is 0 Å². The Hall–Kier alpha value is -2.17. The van der Waals surface area contributed by atoms with Crippen molar-refractivity contribution in [3.05, 3.63) is 35.4 Å². The minimum atomic E-state index is -0.172. The van der Waals surface area contributed by atoms with Gasteiger partial charge < -0.3 is 4.74 Å². The van der Waals surface area contributed by atoms with Crippen LogP contribution in [0.2, 0.25) is 0 Å². The Bertz CT molecular complexity index is 673. The molecule has 0 bridgehead atoms. The van der Waals surface area contributed by atoms with Gasteiger partial charge in [-0.15, -0.1) is 0 Å². The minimum Gasteiger partial charge on any atom is -0.462 e. The van der Waals surface area contributed by atoms with E-state index >= 15 is 0 Å². The van der Waals surface area contributed by atoms with E-state index in [-0.39, 0.29) is 29.9 Å². The molecule has 1 saturated carbocycles. The number of carbonyl (C=O) groups is 3. The standard InChI is InChI=1S/C23H31NO4/c1-17(24-22(26)19-14-9-10-15-20(19)23(24)27)11-5-3-2-4-6-16-21(25)28-18-12-7-8-13-18/h9-10,14-15,17-18H,2-8,11-13,16H2,1H3. The van der Waals surface area contributed by atoms with Gasteiger partial charge in [0.1, 0.15) is 6.10 Å². The summed E-state index contributed by atoms with van der Waals surface area (Å²) >= 11 is 0. The normalized spacial score (nSPS) is 17.8. The quantitative estimate of drug-likeness (QED) is 0.327. The summed E-state index contributed by atoms with van der Waals surface area (Å²) in [5, 5.41) is 0. The zero-order chi connectivity index (χ0) is 19.9. The monoisotopic (exact) mass is 385 g/mol. The van der Waals surface area contributed by atoms with Gasteiger partial charge in [0.05, 0.1) is 11.1 Å². The van der Waals surface area contributed by atoms with Crippen LogP contribution in [0.1, 0.15) is 98.3 Å². The summed E-state index contributed by atoms with van der Waals surface area (Å²) in [5.74, 6) is -0.395. The molecule has 2 aliphatic rings. The first kappa shape index (κ1) is 20.6. The van der Waals surface area contributed by atoms with E-state index in [2.05, 4.69) is 0 Å². The zero-order valence-electron chi connectivity index (χ0n) is 16.8. The van der Waals surface area contributed by atoms with Crippen LogP contribution in [-0.4, -0.2) is 34.8 Å². The lowest BCUT2D eigenvalue weighted by Gasteiger charge is -2.22. The van der Waals surface area contributed by atoms with E-state index in [0.717, 1.165) is 51.4 Å². The van der Waals surface area contributed by atoms with Crippen LogP contribution in [0.5, 0.6) is 0 Å². The Balaban J connectivity index is 1.28. The molecule has 0 N–H and O–H groups in total. The van der Waals surface area contributed by atoms with Crippen LogP contribution >= 0.6 is 0 Å². The molecule has 1 aromatic carbocycles. The number of esters is 1. The Kier molecular flexibility index (Phi) is 7.24. The number of ether oxygens (including phenoxy) is 1. The molecular weight excluding hydrogens is 354 g/mol. The average molecular weight is 386 g/mol. The molecule has 1 aromatic rings. The Morgan fingerprint density at radius 1 is 1.00 bits per heavy atom. The molecule has 0 saturated heterocycles. The highest BCUT2D eigenvalue weighted by Gasteiger charge is 2.37. The summed E-state index contributed by atoms with van der Waals surface area (Å²) in [6, 6.07) is 6.94. The Labute approximate surface area is 167 Å². The molecule has 1 fully saturated rings. The molecule has 3 rings (SSSR count). The van der Waals surface area contributed by atoms with Crippen LogP contribution in [0.25, 0.3) is 0 Å². The molecule has 28 heavy (non-hydrogen) atoms. The van der Waals surface area contributed by atoms with E-state index in [1.54, 1.807) is 24.3 Å². The second kappa shape index (κ2) is 9.85. The summed E-state index contributed by atoms with van der Waals surface area (Å²) < 4.78 is 5.47. The van der Waals surface area contributed by atoms with Gasteiger partial charge in [0.25, 0.3) is 11.8 Å². The first-order valence-corrected chi connectivity index (χ1v) is 10.7. The van der Waals surface area contributed by atoms with Crippen LogP contribution in [0, 0.1) is 0 Å². The number of hydrogen-bond acceptors (Lipinski definition) is 4. The van der Waals surface area contributed by atoms with E-state index in [1.165, 1.54) is 17.7 Å². The third-order valence-corrected chi connectivity index (χ3v) is 5.87. The lowest BCUT2D eigenvalue weighted by molar-refractivity contribution is -0.148. The van der Waals surface area contributed by atoms with Crippen molar-refractivity contribution in [3.63, 3.8) is 0 Å². The third-order valence-electron chi connectivity index (χ3n) is 5.87. The molecule has 5 heteroatoms. The van der Waals surface area contributed by atoms with Gasteiger partial charge in [0, 0.05) is 12.5 Å². The molecule has 1 aliphatic carbocycles. The zero-order valence-corrected chi connectivity index (χ0v) is 16.8. The number of fused-ring (bicyclic) bond motifs is 1. The molecule has 1 atom stereocenters. The molecule has 1 unspecified atom stereocenters. The molecule has 0 radical (unpaired) electrons. The van der Waals surface area contributed by atoms with Crippen LogP contribution in [0.15, 0.2) is 24.3 Å².